The van der Waals surface area contributed by atoms with E-state index in [0.717, 1.165) is 24.9 Å². The van der Waals surface area contributed by atoms with Gasteiger partial charge in [0.1, 0.15) is 0 Å². The van der Waals surface area contributed by atoms with Crippen LogP contribution in [0.2, 0.25) is 0 Å². The quantitative estimate of drug-likeness (QED) is 0.881. The Bertz CT molecular complexity index is 548. The van der Waals surface area contributed by atoms with E-state index in [1.807, 2.05) is 0 Å². The normalized spacial score (nSPS) is 14.7. The molecule has 96 valence electrons. The Hall–Kier alpha value is -1.41. The van der Waals surface area contributed by atoms with Crippen LogP contribution in [0.3, 0.4) is 0 Å². The zero-order valence-electron chi connectivity index (χ0n) is 11.7. The van der Waals surface area contributed by atoms with E-state index in [2.05, 4.69) is 56.8 Å². The molecule has 0 aliphatic rings. The maximum Gasteiger partial charge on any atom is 0.0748 e. The fraction of sp³-hybridized carbons (Fsp3) is 0.438. The second-order valence-corrected chi connectivity index (χ2v) is 5.36. The molecule has 2 nitrogen and oxygen atoms in total. The predicted molar refractivity (Wildman–Crippen MR) is 76.5 cm³/mol. The molecule has 0 bridgehead atoms. The maximum absolute atomic E-state index is 4.87. The minimum Gasteiger partial charge on any atom is -0.358 e. The highest BCUT2D eigenvalue weighted by Crippen LogP contribution is 2.31. The molecule has 2 aromatic rings. The third kappa shape index (κ3) is 2.25. The number of rotatable bonds is 4. The first-order valence-corrected chi connectivity index (χ1v) is 6.77. The van der Waals surface area contributed by atoms with Crippen molar-refractivity contribution in [1.82, 2.24) is 4.98 Å². The molecule has 1 unspecified atom stereocenters. The Kier molecular flexibility index (Phi) is 3.67. The molecule has 1 aromatic carbocycles. The van der Waals surface area contributed by atoms with Gasteiger partial charge in [0.25, 0.3) is 0 Å². The number of aryl methyl sites for hydroxylation is 1. The Balaban J connectivity index is 2.58. The number of benzene rings is 1. The lowest BCUT2D eigenvalue weighted by Crippen LogP contribution is -2.52. The molecule has 0 saturated carbocycles. The van der Waals surface area contributed by atoms with Crippen molar-refractivity contribution < 1.29 is 5.73 Å². The first kappa shape index (κ1) is 13.0. The summed E-state index contributed by atoms with van der Waals surface area (Å²) < 4.78 is 0. The van der Waals surface area contributed by atoms with Crippen molar-refractivity contribution in [3.05, 3.63) is 41.6 Å². The van der Waals surface area contributed by atoms with Gasteiger partial charge in [-0.1, -0.05) is 32.0 Å². The van der Waals surface area contributed by atoms with E-state index in [4.69, 9.17) is 4.98 Å². The second kappa shape index (κ2) is 5.07. The van der Waals surface area contributed by atoms with Gasteiger partial charge in [-0.25, -0.2) is 0 Å². The van der Waals surface area contributed by atoms with Crippen LogP contribution in [0.15, 0.2) is 30.3 Å². The van der Waals surface area contributed by atoms with Gasteiger partial charge in [0, 0.05) is 22.9 Å². The minimum absolute atomic E-state index is 0.149. The van der Waals surface area contributed by atoms with Gasteiger partial charge in [0.05, 0.1) is 12.1 Å². The van der Waals surface area contributed by atoms with E-state index in [-0.39, 0.29) is 5.41 Å². The van der Waals surface area contributed by atoms with E-state index < -0.39 is 0 Å². The zero-order chi connectivity index (χ0) is 13.2. The van der Waals surface area contributed by atoms with E-state index in [9.17, 15) is 0 Å². The Morgan fingerprint density at radius 2 is 2.00 bits per heavy atom. The van der Waals surface area contributed by atoms with Gasteiger partial charge >= 0.3 is 0 Å². The average molecular weight is 243 g/mol. The van der Waals surface area contributed by atoms with E-state index >= 15 is 0 Å². The molecular weight excluding hydrogens is 220 g/mol. The molecule has 0 spiro atoms. The lowest BCUT2D eigenvalue weighted by Gasteiger charge is -2.27. The van der Waals surface area contributed by atoms with Crippen molar-refractivity contribution >= 4 is 10.9 Å². The van der Waals surface area contributed by atoms with E-state index in [1.54, 1.807) is 0 Å². The van der Waals surface area contributed by atoms with Crippen LogP contribution < -0.4 is 5.73 Å². The Morgan fingerprint density at radius 3 is 2.67 bits per heavy atom. The van der Waals surface area contributed by atoms with Gasteiger partial charge in [0.2, 0.25) is 0 Å². The summed E-state index contributed by atoms with van der Waals surface area (Å²) in [6.07, 6.45) is 2.20. The molecule has 1 aromatic heterocycles. The van der Waals surface area contributed by atoms with Crippen LogP contribution >= 0.6 is 0 Å². The van der Waals surface area contributed by atoms with Gasteiger partial charge in [-0.2, -0.15) is 0 Å². The van der Waals surface area contributed by atoms with Crippen molar-refractivity contribution in [1.29, 1.82) is 0 Å². The van der Waals surface area contributed by atoms with Crippen LogP contribution in [-0.2, 0) is 5.41 Å². The molecule has 2 heteroatoms. The van der Waals surface area contributed by atoms with Crippen molar-refractivity contribution in [3.8, 4) is 0 Å². The van der Waals surface area contributed by atoms with Gasteiger partial charge in [-0.05, 0) is 31.0 Å². The summed E-state index contributed by atoms with van der Waals surface area (Å²) in [5.74, 6) is 0. The van der Waals surface area contributed by atoms with Gasteiger partial charge in [0.15, 0.2) is 0 Å². The Morgan fingerprint density at radius 1 is 1.28 bits per heavy atom. The number of nitrogens with zero attached hydrogens (tertiary/aromatic N) is 1. The number of hydrogen-bond acceptors (Lipinski definition) is 1. The second-order valence-electron chi connectivity index (χ2n) is 5.36. The molecule has 18 heavy (non-hydrogen) atoms. The summed E-state index contributed by atoms with van der Waals surface area (Å²) in [7, 11) is 0. The van der Waals surface area contributed by atoms with E-state index in [1.165, 1.54) is 16.6 Å². The summed E-state index contributed by atoms with van der Waals surface area (Å²) in [6.45, 7) is 7.67. The highest BCUT2D eigenvalue weighted by Gasteiger charge is 2.26. The molecule has 0 aliphatic carbocycles. The van der Waals surface area contributed by atoms with Crippen LogP contribution in [0.25, 0.3) is 10.9 Å². The lowest BCUT2D eigenvalue weighted by atomic mass is 9.79. The monoisotopic (exact) mass is 243 g/mol. The summed E-state index contributed by atoms with van der Waals surface area (Å²) in [4.78, 5) is 4.87. The van der Waals surface area contributed by atoms with Crippen LogP contribution in [0.4, 0.5) is 0 Å². The lowest BCUT2D eigenvalue weighted by molar-refractivity contribution is -0.370. The molecule has 1 heterocycles. The number of pyridine rings is 1. The number of quaternary nitrogens is 1. The highest BCUT2D eigenvalue weighted by atomic mass is 14.7. The molecule has 1 atom stereocenters. The smallest absolute Gasteiger partial charge is 0.0748 e. The predicted octanol–water partition coefficient (Wildman–Crippen LogP) is 2.84. The summed E-state index contributed by atoms with van der Waals surface area (Å²) in [5.41, 5.74) is 7.79. The van der Waals surface area contributed by atoms with Crippen LogP contribution in [0.5, 0.6) is 0 Å². The molecule has 3 N–H and O–H groups in total. The molecule has 0 amide bonds. The molecular formula is C16H23N2+. The third-order valence-corrected chi connectivity index (χ3v) is 4.05. The summed E-state index contributed by atoms with van der Waals surface area (Å²) >= 11 is 0. The third-order valence-electron chi connectivity index (χ3n) is 4.05. The molecule has 0 saturated heterocycles. The number of para-hydroxylation sites is 1. The van der Waals surface area contributed by atoms with Gasteiger partial charge in [-0.3, -0.25) is 4.98 Å². The summed E-state index contributed by atoms with van der Waals surface area (Å²) in [5, 5.41) is 1.26. The number of aromatic nitrogens is 1. The van der Waals surface area contributed by atoms with Crippen molar-refractivity contribution in [3.63, 3.8) is 0 Å². The molecule has 0 fully saturated rings. The number of hydrogen-bond donors (Lipinski definition) is 1. The fourth-order valence-corrected chi connectivity index (χ4v) is 2.53. The minimum atomic E-state index is 0.149. The molecule has 2 rings (SSSR count). The first-order chi connectivity index (χ1) is 8.60. The summed E-state index contributed by atoms with van der Waals surface area (Å²) in [6, 6.07) is 10.6. The van der Waals surface area contributed by atoms with Crippen LogP contribution in [0.1, 0.15) is 37.9 Å². The highest BCUT2D eigenvalue weighted by molar-refractivity contribution is 5.82. The standard InChI is InChI=1S/C16H22N2/c1-4-16(3,9-10-17)15-11-12(2)13-7-5-6-8-14(13)18-15/h5-8,11H,4,9-10,17H2,1-3H3/p+1. The molecule has 0 radical (unpaired) electrons. The van der Waals surface area contributed by atoms with E-state index in [0.29, 0.717) is 0 Å². The van der Waals surface area contributed by atoms with Crippen LogP contribution in [0, 0.1) is 6.92 Å². The van der Waals surface area contributed by atoms with Crippen LogP contribution in [-0.4, -0.2) is 11.5 Å². The average Bonchev–Trinajstić information content (AvgIpc) is 2.39. The maximum atomic E-state index is 4.87. The zero-order valence-corrected chi connectivity index (χ0v) is 11.7. The van der Waals surface area contributed by atoms with Crippen molar-refractivity contribution in [2.75, 3.05) is 6.54 Å². The number of fused-ring (bicyclic) bond motifs is 1. The van der Waals surface area contributed by atoms with Gasteiger partial charge in [-0.15, -0.1) is 0 Å². The van der Waals surface area contributed by atoms with Gasteiger partial charge < -0.3 is 5.73 Å². The van der Waals surface area contributed by atoms with Crippen molar-refractivity contribution in [2.24, 2.45) is 0 Å². The SMILES string of the molecule is CCC(C)(CC[NH3+])c1cc(C)c2ccccc2n1. The molecule has 0 aliphatic heterocycles. The fourth-order valence-electron chi connectivity index (χ4n) is 2.53. The Labute approximate surface area is 109 Å². The van der Waals surface area contributed by atoms with Crippen molar-refractivity contribution in [2.45, 2.75) is 39.0 Å². The first-order valence-electron chi connectivity index (χ1n) is 6.77. The topological polar surface area (TPSA) is 40.5 Å². The largest absolute Gasteiger partial charge is 0.358 e.